The van der Waals surface area contributed by atoms with Crippen LogP contribution in [0.4, 0.5) is 5.69 Å². The van der Waals surface area contributed by atoms with Gasteiger partial charge in [-0.1, -0.05) is 36.4 Å². The van der Waals surface area contributed by atoms with Gasteiger partial charge in [0.15, 0.2) is 6.29 Å². The van der Waals surface area contributed by atoms with Crippen LogP contribution in [0.3, 0.4) is 0 Å². The Bertz CT molecular complexity index is 1390. The smallest absolute Gasteiger partial charge is 0.258 e. The van der Waals surface area contributed by atoms with Crippen LogP contribution in [0.2, 0.25) is 0 Å². The van der Waals surface area contributed by atoms with Crippen LogP contribution in [-0.2, 0) is 13.1 Å². The van der Waals surface area contributed by atoms with Gasteiger partial charge in [-0.25, -0.2) is 0 Å². The van der Waals surface area contributed by atoms with Crippen LogP contribution in [0.25, 0.3) is 11.1 Å². The molecule has 0 bridgehead atoms. The number of hydrogen-bond acceptors (Lipinski definition) is 4. The fraction of sp³-hybridized carbons (Fsp3) is 0.143. The van der Waals surface area contributed by atoms with E-state index in [-0.39, 0.29) is 5.91 Å². The summed E-state index contributed by atoms with van der Waals surface area (Å²) in [6.07, 6.45) is 0.852. The van der Waals surface area contributed by atoms with E-state index in [1.165, 1.54) is 0 Å². The van der Waals surface area contributed by atoms with Gasteiger partial charge in [-0.05, 0) is 48.0 Å². The summed E-state index contributed by atoms with van der Waals surface area (Å²) in [5, 5.41) is 0. The van der Waals surface area contributed by atoms with Gasteiger partial charge in [0.2, 0.25) is 0 Å². The van der Waals surface area contributed by atoms with E-state index in [0.717, 1.165) is 40.1 Å². The van der Waals surface area contributed by atoms with Crippen molar-refractivity contribution in [1.29, 1.82) is 0 Å². The fourth-order valence-corrected chi connectivity index (χ4v) is 4.54. The third kappa shape index (κ3) is 3.63. The number of benzene rings is 3. The highest BCUT2D eigenvalue weighted by Gasteiger charge is 2.26. The molecule has 6 nitrogen and oxygen atoms in total. The minimum atomic E-state index is -0.139. The Morgan fingerprint density at radius 1 is 0.824 bits per heavy atom. The molecule has 0 N–H and O–H groups in total. The Morgan fingerprint density at radius 3 is 2.35 bits per heavy atom. The first-order valence-corrected chi connectivity index (χ1v) is 11.0. The zero-order chi connectivity index (χ0) is 23.7. The summed E-state index contributed by atoms with van der Waals surface area (Å²) in [5.74, 6) is 1.18. The van der Waals surface area contributed by atoms with Crippen LogP contribution < -0.4 is 14.4 Å². The molecule has 0 spiro atoms. The first-order valence-electron chi connectivity index (χ1n) is 11.0. The van der Waals surface area contributed by atoms with Crippen molar-refractivity contribution >= 4 is 17.9 Å². The van der Waals surface area contributed by atoms with Crippen LogP contribution in [0.15, 0.2) is 78.9 Å². The van der Waals surface area contributed by atoms with Gasteiger partial charge >= 0.3 is 0 Å². The minimum Gasteiger partial charge on any atom is -0.496 e. The predicted molar refractivity (Wildman–Crippen MR) is 131 cm³/mol. The molecule has 0 radical (unpaired) electrons. The zero-order valence-corrected chi connectivity index (χ0v) is 19.0. The molecule has 1 amide bonds. The van der Waals surface area contributed by atoms with Gasteiger partial charge in [0, 0.05) is 28.1 Å². The lowest BCUT2D eigenvalue weighted by molar-refractivity contribution is 0.0984. The lowest BCUT2D eigenvalue weighted by atomic mass is 10.0. The molecule has 0 aliphatic carbocycles. The summed E-state index contributed by atoms with van der Waals surface area (Å²) < 4.78 is 13.2. The van der Waals surface area contributed by atoms with Crippen molar-refractivity contribution in [2.24, 2.45) is 0 Å². The fourth-order valence-electron chi connectivity index (χ4n) is 4.54. The van der Waals surface area contributed by atoms with Crippen molar-refractivity contribution in [2.45, 2.75) is 13.1 Å². The molecule has 0 fully saturated rings. The Kier molecular flexibility index (Phi) is 5.64. The van der Waals surface area contributed by atoms with Gasteiger partial charge in [0.25, 0.3) is 5.91 Å². The number of aldehydes is 1. The molecule has 1 aliphatic heterocycles. The lowest BCUT2D eigenvalue weighted by Gasteiger charge is -2.23. The van der Waals surface area contributed by atoms with Gasteiger partial charge in [0.1, 0.15) is 11.5 Å². The molecule has 1 aliphatic rings. The molecule has 6 heteroatoms. The highest BCUT2D eigenvalue weighted by molar-refractivity contribution is 6.07. The molecule has 0 atom stereocenters. The second-order valence-electron chi connectivity index (χ2n) is 8.09. The predicted octanol–water partition coefficient (Wildman–Crippen LogP) is 5.19. The van der Waals surface area contributed by atoms with Gasteiger partial charge in [0.05, 0.1) is 33.0 Å². The molecule has 2 heterocycles. The molecule has 0 unspecified atom stereocenters. The number of amides is 1. The summed E-state index contributed by atoms with van der Waals surface area (Å²) in [5.41, 5.74) is 5.57. The number of carbonyl (C=O) groups excluding carboxylic acids is 2. The molecular weight excluding hydrogens is 428 g/mol. The van der Waals surface area contributed by atoms with E-state index in [4.69, 9.17) is 9.47 Å². The van der Waals surface area contributed by atoms with E-state index in [0.29, 0.717) is 30.1 Å². The lowest BCUT2D eigenvalue weighted by Crippen LogP contribution is -2.30. The van der Waals surface area contributed by atoms with Crippen molar-refractivity contribution in [3.8, 4) is 22.6 Å². The summed E-state index contributed by atoms with van der Waals surface area (Å²) in [6, 6.07) is 24.7. The molecule has 0 saturated carbocycles. The van der Waals surface area contributed by atoms with Crippen molar-refractivity contribution in [3.05, 3.63) is 101 Å². The van der Waals surface area contributed by atoms with Gasteiger partial charge < -0.3 is 18.9 Å². The zero-order valence-electron chi connectivity index (χ0n) is 19.0. The summed E-state index contributed by atoms with van der Waals surface area (Å²) in [6.45, 7) is 0.896. The standard InChI is InChI=1S/C28H24N2O4/c1-33-26-10-6-4-8-23(26)24-14-11-19(15-27(24)34-2)28(32)30-17-21-12-13-22(18-31)29(21)16-20-7-3-5-9-25(20)30/h3-15,18H,16-17H2,1-2H3. The van der Waals surface area contributed by atoms with E-state index < -0.39 is 0 Å². The van der Waals surface area contributed by atoms with Crippen LogP contribution in [0.5, 0.6) is 11.5 Å². The Labute approximate surface area is 198 Å². The topological polar surface area (TPSA) is 60.8 Å². The van der Waals surface area contributed by atoms with E-state index in [2.05, 4.69) is 0 Å². The second-order valence-corrected chi connectivity index (χ2v) is 8.09. The monoisotopic (exact) mass is 452 g/mol. The quantitative estimate of drug-likeness (QED) is 0.391. The maximum Gasteiger partial charge on any atom is 0.258 e. The first-order chi connectivity index (χ1) is 16.6. The van der Waals surface area contributed by atoms with Crippen LogP contribution >= 0.6 is 0 Å². The number of ether oxygens (including phenoxy) is 2. The third-order valence-electron chi connectivity index (χ3n) is 6.25. The number of nitrogens with zero attached hydrogens (tertiary/aromatic N) is 2. The van der Waals surface area contributed by atoms with Crippen molar-refractivity contribution in [3.63, 3.8) is 0 Å². The number of rotatable bonds is 5. The highest BCUT2D eigenvalue weighted by Crippen LogP contribution is 2.37. The molecule has 3 aromatic carbocycles. The van der Waals surface area contributed by atoms with Crippen molar-refractivity contribution in [2.75, 3.05) is 19.1 Å². The Hall–Kier alpha value is -4.32. The number of methoxy groups -OCH3 is 2. The molecule has 170 valence electrons. The first kappa shape index (κ1) is 21.5. The van der Waals surface area contributed by atoms with Crippen molar-refractivity contribution < 1.29 is 19.1 Å². The van der Waals surface area contributed by atoms with E-state index in [1.807, 2.05) is 71.3 Å². The largest absolute Gasteiger partial charge is 0.496 e. The molecule has 0 saturated heterocycles. The van der Waals surface area contributed by atoms with Crippen LogP contribution in [-0.4, -0.2) is 31.0 Å². The summed E-state index contributed by atoms with van der Waals surface area (Å²) >= 11 is 0. The van der Waals surface area contributed by atoms with Gasteiger partial charge in [-0.2, -0.15) is 0 Å². The van der Waals surface area contributed by atoms with Crippen molar-refractivity contribution in [1.82, 2.24) is 4.57 Å². The maximum atomic E-state index is 13.8. The maximum absolute atomic E-state index is 13.8. The number of anilines is 1. The number of aromatic nitrogens is 1. The van der Waals surface area contributed by atoms with Crippen LogP contribution in [0, 0.1) is 0 Å². The normalized spacial score (nSPS) is 12.4. The van der Waals surface area contributed by atoms with Gasteiger partial charge in [-0.3, -0.25) is 9.59 Å². The van der Waals surface area contributed by atoms with E-state index in [9.17, 15) is 9.59 Å². The van der Waals surface area contributed by atoms with Gasteiger partial charge in [-0.15, -0.1) is 0 Å². The summed E-state index contributed by atoms with van der Waals surface area (Å²) in [7, 11) is 3.23. The van der Waals surface area contributed by atoms with E-state index in [1.54, 1.807) is 31.3 Å². The molecule has 5 rings (SSSR count). The summed E-state index contributed by atoms with van der Waals surface area (Å²) in [4.78, 5) is 27.1. The van der Waals surface area contributed by atoms with E-state index >= 15 is 0 Å². The number of fused-ring (bicyclic) bond motifs is 2. The minimum absolute atomic E-state index is 0.139. The molecule has 4 aromatic rings. The number of para-hydroxylation sites is 2. The molecular formula is C28H24N2O4. The number of carbonyl (C=O) groups is 2. The highest BCUT2D eigenvalue weighted by atomic mass is 16.5. The third-order valence-corrected chi connectivity index (χ3v) is 6.25. The Morgan fingerprint density at radius 2 is 1.56 bits per heavy atom. The average molecular weight is 453 g/mol. The average Bonchev–Trinajstić information content (AvgIpc) is 3.19. The van der Waals surface area contributed by atoms with Crippen LogP contribution in [0.1, 0.15) is 32.1 Å². The molecule has 34 heavy (non-hydrogen) atoms. The number of hydrogen-bond donors (Lipinski definition) is 0. The Balaban J connectivity index is 1.57. The molecule has 1 aromatic heterocycles. The second kappa shape index (κ2) is 8.90. The SMILES string of the molecule is COc1ccccc1-c1ccc(C(=O)N2Cc3ccc(C=O)n3Cc3ccccc32)cc1OC.